The van der Waals surface area contributed by atoms with E-state index in [1.54, 1.807) is 6.92 Å². The first-order valence-corrected chi connectivity index (χ1v) is 4.14. The molecule has 0 saturated heterocycles. The van der Waals surface area contributed by atoms with Gasteiger partial charge in [0.05, 0.1) is 0 Å². The second kappa shape index (κ2) is 8.45. The molecular formula is C7H17N3O2. The lowest BCUT2D eigenvalue weighted by molar-refractivity contribution is -0.150. The largest absolute Gasteiger partial charge is 0.371 e. The Kier molecular flexibility index (Phi) is 7.99. The summed E-state index contributed by atoms with van der Waals surface area (Å²) in [5.41, 5.74) is 7.79. The third kappa shape index (κ3) is 7.46. The molecule has 0 atom stereocenters. The van der Waals surface area contributed by atoms with E-state index >= 15 is 0 Å². The lowest BCUT2D eigenvalue weighted by Crippen LogP contribution is -2.31. The van der Waals surface area contributed by atoms with Crippen LogP contribution in [0.4, 0.5) is 0 Å². The molecule has 0 aliphatic rings. The van der Waals surface area contributed by atoms with Crippen molar-refractivity contribution in [3.8, 4) is 0 Å². The van der Waals surface area contributed by atoms with Crippen LogP contribution in [0.5, 0.6) is 0 Å². The van der Waals surface area contributed by atoms with Gasteiger partial charge in [-0.3, -0.25) is 4.79 Å². The summed E-state index contributed by atoms with van der Waals surface area (Å²) in [6, 6.07) is 0. The molecule has 0 amide bonds. The summed E-state index contributed by atoms with van der Waals surface area (Å²) < 4.78 is 0. The highest BCUT2D eigenvalue weighted by molar-refractivity contribution is 5.68. The van der Waals surface area contributed by atoms with Gasteiger partial charge in [0.2, 0.25) is 0 Å². The second-order valence-corrected chi connectivity index (χ2v) is 2.26. The van der Waals surface area contributed by atoms with E-state index in [0.29, 0.717) is 19.5 Å². The van der Waals surface area contributed by atoms with Gasteiger partial charge in [0.1, 0.15) is 0 Å². The minimum absolute atomic E-state index is 0.242. The normalized spacial score (nSPS) is 9.83. The third-order valence-corrected chi connectivity index (χ3v) is 1.20. The number of carbonyl (C=O) groups is 1. The fraction of sp³-hybridized carbons (Fsp3) is 0.857. The highest BCUT2D eigenvalue weighted by atomic mass is 16.7. The van der Waals surface area contributed by atoms with Crippen molar-refractivity contribution >= 4 is 5.97 Å². The molecule has 0 aromatic carbocycles. The quantitative estimate of drug-likeness (QED) is 0.341. The summed E-state index contributed by atoms with van der Waals surface area (Å²) in [7, 11) is 0. The van der Waals surface area contributed by atoms with Gasteiger partial charge in [-0.2, -0.15) is 5.48 Å². The monoisotopic (exact) mass is 175 g/mol. The SMILES string of the molecule is CCC(=O)ONCCNCCN. The van der Waals surface area contributed by atoms with Crippen LogP contribution in [0.15, 0.2) is 0 Å². The molecule has 0 aromatic heterocycles. The minimum Gasteiger partial charge on any atom is -0.371 e. The number of rotatable bonds is 7. The predicted octanol–water partition coefficient (Wildman–Crippen LogP) is -1.01. The molecule has 72 valence electrons. The molecule has 0 radical (unpaired) electrons. The lowest BCUT2D eigenvalue weighted by atomic mass is 10.5. The van der Waals surface area contributed by atoms with Gasteiger partial charge in [0, 0.05) is 32.6 Å². The van der Waals surface area contributed by atoms with Crippen molar-refractivity contribution in [1.82, 2.24) is 10.8 Å². The smallest absolute Gasteiger partial charge is 0.324 e. The molecule has 0 bridgehead atoms. The van der Waals surface area contributed by atoms with Crippen LogP contribution in [0.25, 0.3) is 0 Å². The van der Waals surface area contributed by atoms with Crippen LogP contribution in [0.2, 0.25) is 0 Å². The Hall–Kier alpha value is -0.650. The number of nitrogens with two attached hydrogens (primary N) is 1. The first-order valence-electron chi connectivity index (χ1n) is 4.14. The van der Waals surface area contributed by atoms with Crippen molar-refractivity contribution in [2.24, 2.45) is 5.73 Å². The van der Waals surface area contributed by atoms with E-state index in [-0.39, 0.29) is 5.97 Å². The number of carbonyl (C=O) groups excluding carboxylic acids is 1. The average Bonchev–Trinajstić information content (AvgIpc) is 2.10. The Morgan fingerprint density at radius 3 is 2.75 bits per heavy atom. The lowest BCUT2D eigenvalue weighted by Gasteiger charge is -2.04. The zero-order chi connectivity index (χ0) is 9.23. The zero-order valence-corrected chi connectivity index (χ0v) is 7.43. The summed E-state index contributed by atoms with van der Waals surface area (Å²) in [6.45, 7) is 4.49. The van der Waals surface area contributed by atoms with Gasteiger partial charge in [-0.05, 0) is 0 Å². The van der Waals surface area contributed by atoms with Crippen molar-refractivity contribution < 1.29 is 9.63 Å². The fourth-order valence-corrected chi connectivity index (χ4v) is 0.570. The molecule has 0 fully saturated rings. The maximum absolute atomic E-state index is 10.6. The van der Waals surface area contributed by atoms with Gasteiger partial charge < -0.3 is 15.9 Å². The molecule has 4 N–H and O–H groups in total. The Labute approximate surface area is 72.6 Å². The van der Waals surface area contributed by atoms with E-state index < -0.39 is 0 Å². The molecule has 0 aromatic rings. The first-order chi connectivity index (χ1) is 5.81. The van der Waals surface area contributed by atoms with Crippen LogP contribution in [0, 0.1) is 0 Å². The molecule has 0 rings (SSSR count). The van der Waals surface area contributed by atoms with Crippen LogP contribution >= 0.6 is 0 Å². The maximum Gasteiger partial charge on any atom is 0.324 e. The van der Waals surface area contributed by atoms with E-state index in [1.165, 1.54) is 0 Å². The van der Waals surface area contributed by atoms with Crippen molar-refractivity contribution in [3.05, 3.63) is 0 Å². The molecule has 0 saturated carbocycles. The Bertz CT molecular complexity index is 119. The van der Waals surface area contributed by atoms with Crippen LogP contribution in [-0.2, 0) is 9.63 Å². The van der Waals surface area contributed by atoms with Gasteiger partial charge in [-0.1, -0.05) is 6.92 Å². The van der Waals surface area contributed by atoms with Crippen molar-refractivity contribution in [2.75, 3.05) is 26.2 Å². The summed E-state index contributed by atoms with van der Waals surface area (Å²) >= 11 is 0. The van der Waals surface area contributed by atoms with Gasteiger partial charge in [0.15, 0.2) is 0 Å². The van der Waals surface area contributed by atoms with Gasteiger partial charge in [-0.25, -0.2) is 0 Å². The van der Waals surface area contributed by atoms with Crippen LogP contribution < -0.4 is 16.5 Å². The molecule has 5 heteroatoms. The van der Waals surface area contributed by atoms with E-state index in [2.05, 4.69) is 15.6 Å². The molecular weight excluding hydrogens is 158 g/mol. The van der Waals surface area contributed by atoms with Crippen molar-refractivity contribution in [2.45, 2.75) is 13.3 Å². The van der Waals surface area contributed by atoms with Crippen LogP contribution in [0.3, 0.4) is 0 Å². The van der Waals surface area contributed by atoms with Crippen LogP contribution in [0.1, 0.15) is 13.3 Å². The number of hydrogen-bond donors (Lipinski definition) is 3. The number of hydroxylamine groups is 1. The number of hydrogen-bond acceptors (Lipinski definition) is 5. The first kappa shape index (κ1) is 11.4. The Morgan fingerprint density at radius 1 is 1.42 bits per heavy atom. The van der Waals surface area contributed by atoms with E-state index in [0.717, 1.165) is 13.1 Å². The fourth-order valence-electron chi connectivity index (χ4n) is 0.570. The topological polar surface area (TPSA) is 76.4 Å². The molecule has 0 aliphatic carbocycles. The van der Waals surface area contributed by atoms with Gasteiger partial charge in [-0.15, -0.1) is 0 Å². The van der Waals surface area contributed by atoms with Gasteiger partial charge in [0.25, 0.3) is 0 Å². The summed E-state index contributed by atoms with van der Waals surface area (Å²) in [5.74, 6) is -0.242. The zero-order valence-electron chi connectivity index (χ0n) is 7.43. The molecule has 0 unspecified atom stereocenters. The van der Waals surface area contributed by atoms with E-state index in [1.807, 2.05) is 0 Å². The highest BCUT2D eigenvalue weighted by Crippen LogP contribution is 1.78. The Balaban J connectivity index is 2.95. The maximum atomic E-state index is 10.6. The second-order valence-electron chi connectivity index (χ2n) is 2.26. The van der Waals surface area contributed by atoms with Crippen molar-refractivity contribution in [1.29, 1.82) is 0 Å². The highest BCUT2D eigenvalue weighted by Gasteiger charge is 1.95. The van der Waals surface area contributed by atoms with Crippen molar-refractivity contribution in [3.63, 3.8) is 0 Å². The minimum atomic E-state index is -0.242. The third-order valence-electron chi connectivity index (χ3n) is 1.20. The predicted molar refractivity (Wildman–Crippen MR) is 46.3 cm³/mol. The molecule has 12 heavy (non-hydrogen) atoms. The standard InChI is InChI=1S/C7H17N3O2/c1-2-7(11)12-10-6-5-9-4-3-8/h9-10H,2-6,8H2,1H3. The Morgan fingerprint density at radius 2 is 2.17 bits per heavy atom. The number of nitrogens with one attached hydrogen (secondary N) is 2. The summed E-state index contributed by atoms with van der Waals surface area (Å²) in [5, 5.41) is 3.05. The van der Waals surface area contributed by atoms with Crippen LogP contribution in [-0.4, -0.2) is 32.1 Å². The summed E-state index contributed by atoms with van der Waals surface area (Å²) in [6.07, 6.45) is 0.392. The molecule has 0 spiro atoms. The van der Waals surface area contributed by atoms with Gasteiger partial charge >= 0.3 is 5.97 Å². The average molecular weight is 175 g/mol. The molecule has 0 heterocycles. The van der Waals surface area contributed by atoms with E-state index in [9.17, 15) is 4.79 Å². The molecule has 0 aliphatic heterocycles. The summed E-state index contributed by atoms with van der Waals surface area (Å²) in [4.78, 5) is 15.2. The molecule has 5 nitrogen and oxygen atoms in total. The van der Waals surface area contributed by atoms with E-state index in [4.69, 9.17) is 5.73 Å².